The summed E-state index contributed by atoms with van der Waals surface area (Å²) in [6.45, 7) is 4.89. The van der Waals surface area contributed by atoms with E-state index in [4.69, 9.17) is 0 Å². The molecular formula is C19H20N4O4. The average molecular weight is 368 g/mol. The molecule has 2 aliphatic rings. The summed E-state index contributed by atoms with van der Waals surface area (Å²) in [6, 6.07) is 3.17. The van der Waals surface area contributed by atoms with Gasteiger partial charge in [0.25, 0.3) is 5.91 Å². The maximum absolute atomic E-state index is 12.9. The summed E-state index contributed by atoms with van der Waals surface area (Å²) in [5.74, 6) is -0.741. The number of carbonyl (C=O) groups excluding carboxylic acids is 3. The highest BCUT2D eigenvalue weighted by atomic mass is 16.2. The summed E-state index contributed by atoms with van der Waals surface area (Å²) < 4.78 is 1.79. The number of carbonyl (C=O) groups is 3. The number of likely N-dealkylation sites (tertiary alicyclic amines) is 2. The Morgan fingerprint density at radius 3 is 2.44 bits per heavy atom. The van der Waals surface area contributed by atoms with E-state index < -0.39 is 0 Å². The van der Waals surface area contributed by atoms with Crippen LogP contribution in [0.15, 0.2) is 23.1 Å². The van der Waals surface area contributed by atoms with E-state index in [0.29, 0.717) is 17.6 Å². The Morgan fingerprint density at radius 1 is 1.15 bits per heavy atom. The van der Waals surface area contributed by atoms with Crippen LogP contribution < -0.4 is 5.43 Å². The molecule has 0 N–H and O–H groups in total. The summed E-state index contributed by atoms with van der Waals surface area (Å²) >= 11 is 0. The lowest BCUT2D eigenvalue weighted by atomic mass is 10.0. The SMILES string of the molecule is CCn1cc(C(=O)N2CC(N3C(=O)CCC3=O)C2)c(=O)c2ccc(C)nc21. The number of aromatic nitrogens is 2. The van der Waals surface area contributed by atoms with Crippen molar-refractivity contribution < 1.29 is 14.4 Å². The van der Waals surface area contributed by atoms with Crippen molar-refractivity contribution in [1.82, 2.24) is 19.4 Å². The normalized spacial score (nSPS) is 17.7. The zero-order valence-electron chi connectivity index (χ0n) is 15.3. The fourth-order valence-electron chi connectivity index (χ4n) is 3.71. The number of hydrogen-bond acceptors (Lipinski definition) is 5. The molecule has 2 saturated heterocycles. The van der Waals surface area contributed by atoms with Gasteiger partial charge >= 0.3 is 0 Å². The first-order valence-corrected chi connectivity index (χ1v) is 9.05. The Balaban J connectivity index is 1.62. The van der Waals surface area contributed by atoms with Gasteiger partial charge in [-0.05, 0) is 26.0 Å². The number of rotatable bonds is 3. The van der Waals surface area contributed by atoms with Crippen LogP contribution in [0.1, 0.15) is 35.8 Å². The van der Waals surface area contributed by atoms with Gasteiger partial charge in [0.15, 0.2) is 0 Å². The molecule has 0 spiro atoms. The lowest BCUT2D eigenvalue weighted by molar-refractivity contribution is -0.144. The Hall–Kier alpha value is -3.03. The van der Waals surface area contributed by atoms with E-state index in [0.717, 1.165) is 5.69 Å². The first-order chi connectivity index (χ1) is 12.9. The number of amides is 3. The molecule has 8 heteroatoms. The number of pyridine rings is 2. The van der Waals surface area contributed by atoms with E-state index in [1.54, 1.807) is 22.9 Å². The predicted molar refractivity (Wildman–Crippen MR) is 97.2 cm³/mol. The highest BCUT2D eigenvalue weighted by Crippen LogP contribution is 2.23. The summed E-state index contributed by atoms with van der Waals surface area (Å²) in [4.78, 5) is 56.5. The van der Waals surface area contributed by atoms with Crippen LogP contribution in [-0.2, 0) is 16.1 Å². The second-order valence-corrected chi connectivity index (χ2v) is 7.00. The van der Waals surface area contributed by atoms with Crippen molar-refractivity contribution in [3.8, 4) is 0 Å². The van der Waals surface area contributed by atoms with Crippen molar-refractivity contribution >= 4 is 28.8 Å². The highest BCUT2D eigenvalue weighted by molar-refractivity contribution is 6.03. The molecule has 2 aromatic heterocycles. The second kappa shape index (κ2) is 6.29. The highest BCUT2D eigenvalue weighted by Gasteiger charge is 2.43. The molecule has 3 amide bonds. The van der Waals surface area contributed by atoms with Crippen LogP contribution in [0, 0.1) is 6.92 Å². The number of hydrogen-bond donors (Lipinski definition) is 0. The van der Waals surface area contributed by atoms with Gasteiger partial charge in [-0.1, -0.05) is 0 Å². The molecule has 8 nitrogen and oxygen atoms in total. The molecule has 0 bridgehead atoms. The minimum atomic E-state index is -0.375. The maximum Gasteiger partial charge on any atom is 0.259 e. The molecule has 2 fully saturated rings. The van der Waals surface area contributed by atoms with Crippen LogP contribution in [0.4, 0.5) is 0 Å². The summed E-state index contributed by atoms with van der Waals surface area (Å²) in [5.41, 5.74) is 1.11. The van der Waals surface area contributed by atoms with E-state index in [1.807, 2.05) is 13.8 Å². The predicted octanol–water partition coefficient (Wildman–Crippen LogP) is 0.698. The van der Waals surface area contributed by atoms with Gasteiger partial charge in [0.2, 0.25) is 17.2 Å². The Kier molecular flexibility index (Phi) is 4.05. The zero-order valence-corrected chi connectivity index (χ0v) is 15.3. The fraction of sp³-hybridized carbons (Fsp3) is 0.421. The lowest BCUT2D eigenvalue weighted by Crippen LogP contribution is -2.62. The van der Waals surface area contributed by atoms with E-state index >= 15 is 0 Å². The fourth-order valence-corrected chi connectivity index (χ4v) is 3.71. The quantitative estimate of drug-likeness (QED) is 0.744. The third-order valence-corrected chi connectivity index (χ3v) is 5.24. The molecule has 27 heavy (non-hydrogen) atoms. The summed E-state index contributed by atoms with van der Waals surface area (Å²) in [5, 5.41) is 0.412. The van der Waals surface area contributed by atoms with Crippen molar-refractivity contribution in [1.29, 1.82) is 0 Å². The number of fused-ring (bicyclic) bond motifs is 1. The lowest BCUT2D eigenvalue weighted by Gasteiger charge is -2.42. The van der Waals surface area contributed by atoms with Crippen molar-refractivity contribution in [2.45, 2.75) is 39.3 Å². The van der Waals surface area contributed by atoms with Crippen LogP contribution in [0.25, 0.3) is 11.0 Å². The Morgan fingerprint density at radius 2 is 1.81 bits per heavy atom. The molecule has 4 rings (SSSR count). The van der Waals surface area contributed by atoms with Crippen LogP contribution in [0.2, 0.25) is 0 Å². The van der Waals surface area contributed by atoms with Gasteiger partial charge in [-0.2, -0.15) is 0 Å². The van der Waals surface area contributed by atoms with Crippen molar-refractivity contribution in [3.05, 3.63) is 39.8 Å². The molecule has 2 aromatic rings. The van der Waals surface area contributed by atoms with E-state index in [-0.39, 0.29) is 60.7 Å². The van der Waals surface area contributed by atoms with Crippen molar-refractivity contribution in [3.63, 3.8) is 0 Å². The summed E-state index contributed by atoms with van der Waals surface area (Å²) in [7, 11) is 0. The Bertz CT molecular complexity index is 1020. The van der Waals surface area contributed by atoms with Crippen LogP contribution in [0.5, 0.6) is 0 Å². The van der Waals surface area contributed by atoms with Gasteiger partial charge < -0.3 is 9.47 Å². The van der Waals surface area contributed by atoms with Crippen LogP contribution in [0.3, 0.4) is 0 Å². The van der Waals surface area contributed by atoms with Crippen molar-refractivity contribution in [2.75, 3.05) is 13.1 Å². The molecule has 4 heterocycles. The molecular weight excluding hydrogens is 348 g/mol. The maximum atomic E-state index is 12.9. The van der Waals surface area contributed by atoms with Gasteiger partial charge in [-0.25, -0.2) is 4.98 Å². The van der Waals surface area contributed by atoms with Gasteiger partial charge in [-0.15, -0.1) is 0 Å². The van der Waals surface area contributed by atoms with E-state index in [9.17, 15) is 19.2 Å². The minimum Gasteiger partial charge on any atom is -0.334 e. The van der Waals surface area contributed by atoms with Crippen molar-refractivity contribution in [2.24, 2.45) is 0 Å². The molecule has 0 aliphatic carbocycles. The molecule has 0 radical (unpaired) electrons. The van der Waals surface area contributed by atoms with E-state index in [1.165, 1.54) is 9.80 Å². The third kappa shape index (κ3) is 2.72. The number of nitrogens with zero attached hydrogens (tertiary/aromatic N) is 4. The molecule has 140 valence electrons. The molecule has 2 aliphatic heterocycles. The van der Waals surface area contributed by atoms with Gasteiger partial charge in [0.1, 0.15) is 11.2 Å². The van der Waals surface area contributed by atoms with Gasteiger partial charge in [0.05, 0.1) is 11.4 Å². The van der Waals surface area contributed by atoms with Crippen LogP contribution in [-0.4, -0.2) is 56.2 Å². The largest absolute Gasteiger partial charge is 0.334 e. The topological polar surface area (TPSA) is 92.6 Å². The molecule has 0 saturated carbocycles. The number of imide groups is 1. The molecule has 0 aromatic carbocycles. The summed E-state index contributed by atoms with van der Waals surface area (Å²) in [6.07, 6.45) is 2.03. The first kappa shape index (κ1) is 17.4. The Labute approximate surface area is 155 Å². The molecule has 0 unspecified atom stereocenters. The minimum absolute atomic E-state index is 0.0903. The van der Waals surface area contributed by atoms with Crippen LogP contribution >= 0.6 is 0 Å². The smallest absolute Gasteiger partial charge is 0.259 e. The second-order valence-electron chi connectivity index (χ2n) is 7.00. The molecule has 0 atom stereocenters. The first-order valence-electron chi connectivity index (χ1n) is 9.05. The third-order valence-electron chi connectivity index (χ3n) is 5.24. The zero-order chi connectivity index (χ0) is 19.3. The van der Waals surface area contributed by atoms with Gasteiger partial charge in [0, 0.05) is 44.4 Å². The standard InChI is InChI=1S/C19H20N4O4/c1-3-21-10-14(17(26)13-5-4-11(2)20-18(13)21)19(27)22-8-12(9-22)23-15(24)6-7-16(23)25/h4-5,10,12H,3,6-9H2,1-2H3. The average Bonchev–Trinajstić information content (AvgIpc) is 2.93. The monoisotopic (exact) mass is 368 g/mol. The number of aryl methyl sites for hydroxylation is 2. The van der Waals surface area contributed by atoms with Gasteiger partial charge in [-0.3, -0.25) is 24.1 Å². The van der Waals surface area contributed by atoms with E-state index in [2.05, 4.69) is 4.98 Å².